The fourth-order valence-electron chi connectivity index (χ4n) is 2.74. The molecule has 0 bridgehead atoms. The molecule has 1 aromatic heterocycles. The highest BCUT2D eigenvalue weighted by Crippen LogP contribution is 2.29. The Hall–Kier alpha value is -1.58. The van der Waals surface area contributed by atoms with E-state index in [0.717, 1.165) is 19.0 Å². The van der Waals surface area contributed by atoms with Gasteiger partial charge in [0.1, 0.15) is 5.82 Å². The summed E-state index contributed by atoms with van der Waals surface area (Å²) in [5, 5.41) is 6.16. The van der Waals surface area contributed by atoms with Crippen molar-refractivity contribution in [3.63, 3.8) is 0 Å². The van der Waals surface area contributed by atoms with E-state index in [1.54, 1.807) is 12.3 Å². The largest absolute Gasteiger partial charge is 0.370 e. The molecule has 1 saturated carbocycles. The van der Waals surface area contributed by atoms with Gasteiger partial charge in [0.25, 0.3) is 5.91 Å². The lowest BCUT2D eigenvalue weighted by atomic mass is 10.1. The minimum Gasteiger partial charge on any atom is -0.370 e. The number of pyridine rings is 1. The summed E-state index contributed by atoms with van der Waals surface area (Å²) in [7, 11) is 0. The monoisotopic (exact) mass is 261 g/mol. The van der Waals surface area contributed by atoms with Gasteiger partial charge in [-0.25, -0.2) is 4.98 Å². The second-order valence-electron chi connectivity index (χ2n) is 5.42. The molecule has 2 atom stereocenters. The molecule has 0 aliphatic heterocycles. The van der Waals surface area contributed by atoms with E-state index in [2.05, 4.69) is 22.5 Å². The Morgan fingerprint density at radius 2 is 2.32 bits per heavy atom. The zero-order chi connectivity index (χ0) is 13.7. The van der Waals surface area contributed by atoms with Crippen molar-refractivity contribution >= 4 is 11.7 Å². The first-order valence-electron chi connectivity index (χ1n) is 7.17. The molecule has 4 heteroatoms. The maximum Gasteiger partial charge on any atom is 0.255 e. The Labute approximate surface area is 115 Å². The average Bonchev–Trinajstić information content (AvgIpc) is 2.83. The van der Waals surface area contributed by atoms with Gasteiger partial charge in [0.2, 0.25) is 0 Å². The van der Waals surface area contributed by atoms with Crippen molar-refractivity contribution in [2.75, 3.05) is 18.4 Å². The van der Waals surface area contributed by atoms with Crippen molar-refractivity contribution in [1.29, 1.82) is 0 Å². The van der Waals surface area contributed by atoms with E-state index in [9.17, 15) is 4.79 Å². The zero-order valence-corrected chi connectivity index (χ0v) is 11.8. The predicted molar refractivity (Wildman–Crippen MR) is 77.2 cm³/mol. The van der Waals surface area contributed by atoms with Crippen LogP contribution in [0.4, 0.5) is 5.82 Å². The molecule has 0 spiro atoms. The van der Waals surface area contributed by atoms with Gasteiger partial charge >= 0.3 is 0 Å². The summed E-state index contributed by atoms with van der Waals surface area (Å²) in [6.07, 6.45) is 5.45. The third kappa shape index (κ3) is 3.69. The van der Waals surface area contributed by atoms with Gasteiger partial charge in [-0.05, 0) is 43.7 Å². The number of nitrogens with one attached hydrogen (secondary N) is 2. The Morgan fingerprint density at radius 3 is 3.00 bits per heavy atom. The first-order chi connectivity index (χ1) is 9.20. The topological polar surface area (TPSA) is 54.0 Å². The smallest absolute Gasteiger partial charge is 0.255 e. The number of aromatic nitrogens is 1. The van der Waals surface area contributed by atoms with Crippen LogP contribution in [0, 0.1) is 11.8 Å². The van der Waals surface area contributed by atoms with Gasteiger partial charge in [-0.3, -0.25) is 4.79 Å². The molecular formula is C15H23N3O. The second kappa shape index (κ2) is 6.55. The lowest BCUT2D eigenvalue weighted by Gasteiger charge is -2.13. The maximum atomic E-state index is 12.2. The predicted octanol–water partition coefficient (Wildman–Crippen LogP) is 2.68. The number of hydrogen-bond acceptors (Lipinski definition) is 3. The van der Waals surface area contributed by atoms with Gasteiger partial charge in [0, 0.05) is 19.3 Å². The minimum atomic E-state index is -0.0244. The number of nitrogens with zero attached hydrogens (tertiary/aromatic N) is 1. The Bertz CT molecular complexity index is 433. The van der Waals surface area contributed by atoms with E-state index < -0.39 is 0 Å². The van der Waals surface area contributed by atoms with E-state index in [-0.39, 0.29) is 5.91 Å². The number of carbonyl (C=O) groups excluding carboxylic acids is 1. The van der Waals surface area contributed by atoms with E-state index >= 15 is 0 Å². The van der Waals surface area contributed by atoms with Crippen LogP contribution in [0.25, 0.3) is 0 Å². The Kier molecular flexibility index (Phi) is 4.77. The molecule has 2 N–H and O–H groups in total. The van der Waals surface area contributed by atoms with Crippen molar-refractivity contribution in [2.45, 2.75) is 33.1 Å². The molecule has 2 rings (SSSR count). The summed E-state index contributed by atoms with van der Waals surface area (Å²) < 4.78 is 0. The fraction of sp³-hybridized carbons (Fsp3) is 0.600. The molecule has 4 nitrogen and oxygen atoms in total. The van der Waals surface area contributed by atoms with E-state index in [1.165, 1.54) is 19.3 Å². The Morgan fingerprint density at radius 1 is 1.47 bits per heavy atom. The SMILES string of the molecule is CCNc1ncccc1C(=O)NCC1CCC(C)C1. The lowest BCUT2D eigenvalue weighted by molar-refractivity contribution is 0.0947. The van der Waals surface area contributed by atoms with Gasteiger partial charge in [0.15, 0.2) is 0 Å². The number of hydrogen-bond donors (Lipinski definition) is 2. The van der Waals surface area contributed by atoms with Crippen LogP contribution in [0.15, 0.2) is 18.3 Å². The highest BCUT2D eigenvalue weighted by atomic mass is 16.1. The highest BCUT2D eigenvalue weighted by molar-refractivity contribution is 5.98. The molecule has 1 aliphatic rings. The third-order valence-electron chi connectivity index (χ3n) is 3.75. The van der Waals surface area contributed by atoms with Gasteiger partial charge in [0.05, 0.1) is 5.56 Å². The van der Waals surface area contributed by atoms with Crippen molar-refractivity contribution in [2.24, 2.45) is 11.8 Å². The summed E-state index contributed by atoms with van der Waals surface area (Å²) in [6, 6.07) is 3.62. The highest BCUT2D eigenvalue weighted by Gasteiger charge is 2.22. The molecule has 0 aromatic carbocycles. The van der Waals surface area contributed by atoms with E-state index in [0.29, 0.717) is 17.3 Å². The van der Waals surface area contributed by atoms with Crippen molar-refractivity contribution in [3.05, 3.63) is 23.9 Å². The minimum absolute atomic E-state index is 0.0244. The number of anilines is 1. The average molecular weight is 261 g/mol. The molecular weight excluding hydrogens is 238 g/mol. The summed E-state index contributed by atoms with van der Waals surface area (Å²) >= 11 is 0. The number of amides is 1. The van der Waals surface area contributed by atoms with Crippen LogP contribution in [-0.4, -0.2) is 24.0 Å². The fourth-order valence-corrected chi connectivity index (χ4v) is 2.74. The summed E-state index contributed by atoms with van der Waals surface area (Å²) in [5.41, 5.74) is 0.635. The quantitative estimate of drug-likeness (QED) is 0.857. The molecule has 2 unspecified atom stereocenters. The zero-order valence-electron chi connectivity index (χ0n) is 11.8. The van der Waals surface area contributed by atoms with Gasteiger partial charge in [-0.1, -0.05) is 13.3 Å². The first kappa shape index (κ1) is 13.8. The van der Waals surface area contributed by atoms with Crippen molar-refractivity contribution in [3.8, 4) is 0 Å². The van der Waals surface area contributed by atoms with Crippen LogP contribution in [0.1, 0.15) is 43.5 Å². The molecule has 1 fully saturated rings. The van der Waals surface area contributed by atoms with Gasteiger partial charge in [-0.15, -0.1) is 0 Å². The number of rotatable bonds is 5. The molecule has 1 aliphatic carbocycles. The molecule has 19 heavy (non-hydrogen) atoms. The first-order valence-corrected chi connectivity index (χ1v) is 7.17. The summed E-state index contributed by atoms with van der Waals surface area (Å²) in [6.45, 7) is 5.82. The number of carbonyl (C=O) groups is 1. The van der Waals surface area contributed by atoms with Crippen LogP contribution >= 0.6 is 0 Å². The van der Waals surface area contributed by atoms with Crippen LogP contribution in [0.2, 0.25) is 0 Å². The van der Waals surface area contributed by atoms with Crippen molar-refractivity contribution in [1.82, 2.24) is 10.3 Å². The lowest BCUT2D eigenvalue weighted by Crippen LogP contribution is -2.29. The summed E-state index contributed by atoms with van der Waals surface area (Å²) in [4.78, 5) is 16.4. The van der Waals surface area contributed by atoms with Gasteiger partial charge in [-0.2, -0.15) is 0 Å². The third-order valence-corrected chi connectivity index (χ3v) is 3.75. The van der Waals surface area contributed by atoms with E-state index in [1.807, 2.05) is 13.0 Å². The normalized spacial score (nSPS) is 22.2. The van der Waals surface area contributed by atoms with Crippen LogP contribution in [-0.2, 0) is 0 Å². The molecule has 0 saturated heterocycles. The molecule has 1 heterocycles. The van der Waals surface area contributed by atoms with Gasteiger partial charge < -0.3 is 10.6 Å². The Balaban J connectivity index is 1.92. The van der Waals surface area contributed by atoms with Crippen molar-refractivity contribution < 1.29 is 4.79 Å². The van der Waals surface area contributed by atoms with E-state index in [4.69, 9.17) is 0 Å². The van der Waals surface area contributed by atoms with Crippen LogP contribution in [0.3, 0.4) is 0 Å². The summed E-state index contributed by atoms with van der Waals surface area (Å²) in [5.74, 6) is 2.08. The molecule has 104 valence electrons. The maximum absolute atomic E-state index is 12.2. The van der Waals surface area contributed by atoms with Crippen LogP contribution < -0.4 is 10.6 Å². The molecule has 0 radical (unpaired) electrons. The van der Waals surface area contributed by atoms with Crippen LogP contribution in [0.5, 0.6) is 0 Å². The second-order valence-corrected chi connectivity index (χ2v) is 5.42. The standard InChI is InChI=1S/C15H23N3O/c1-3-16-14-13(5-4-8-17-14)15(19)18-10-12-7-6-11(2)9-12/h4-5,8,11-12H,3,6-7,9-10H2,1-2H3,(H,16,17)(H,18,19). The molecule has 1 amide bonds. The molecule has 1 aromatic rings.